The van der Waals surface area contributed by atoms with Crippen molar-refractivity contribution in [3.63, 3.8) is 0 Å². The van der Waals surface area contributed by atoms with Gasteiger partial charge in [0.05, 0.1) is 0 Å². The Bertz CT molecular complexity index is 812. The van der Waals surface area contributed by atoms with Crippen molar-refractivity contribution in [1.82, 2.24) is 10.6 Å². The summed E-state index contributed by atoms with van der Waals surface area (Å²) in [7, 11) is 0. The molecule has 26 heavy (non-hydrogen) atoms. The van der Waals surface area contributed by atoms with E-state index in [1.54, 1.807) is 36.4 Å². The summed E-state index contributed by atoms with van der Waals surface area (Å²) < 4.78 is 36.6. The molecule has 1 saturated carbocycles. The third-order valence-electron chi connectivity index (χ3n) is 3.97. The van der Waals surface area contributed by atoms with Crippen molar-refractivity contribution in [2.45, 2.75) is 25.1 Å². The molecule has 0 atom stereocenters. The second-order valence-electron chi connectivity index (χ2n) is 6.20. The molecular weight excluding hydrogens is 345 g/mol. The van der Waals surface area contributed by atoms with Crippen molar-refractivity contribution < 1.29 is 22.8 Å². The van der Waals surface area contributed by atoms with E-state index >= 15 is 0 Å². The Morgan fingerprint density at radius 2 is 1.62 bits per heavy atom. The highest BCUT2D eigenvalue weighted by atomic mass is 19.4. The molecular formula is C19H17F3N2O2. The zero-order valence-corrected chi connectivity index (χ0v) is 13.8. The number of rotatable bonds is 5. The van der Waals surface area contributed by atoms with Crippen LogP contribution >= 0.6 is 0 Å². The van der Waals surface area contributed by atoms with E-state index in [1.165, 1.54) is 12.1 Å². The van der Waals surface area contributed by atoms with Crippen LogP contribution in [0, 0.1) is 0 Å². The van der Waals surface area contributed by atoms with Gasteiger partial charge in [-0.1, -0.05) is 24.3 Å². The fraction of sp³-hybridized carbons (Fsp3) is 0.263. The molecule has 3 rings (SSSR count). The zero-order chi connectivity index (χ0) is 18.7. The van der Waals surface area contributed by atoms with Gasteiger partial charge in [-0.2, -0.15) is 13.2 Å². The summed E-state index contributed by atoms with van der Waals surface area (Å²) in [4.78, 5) is 23.8. The Kier molecular flexibility index (Phi) is 4.97. The van der Waals surface area contributed by atoms with Crippen LogP contribution in [-0.2, 0) is 0 Å². The van der Waals surface area contributed by atoms with E-state index in [0.29, 0.717) is 11.1 Å². The predicted octanol–water partition coefficient (Wildman–Crippen LogP) is 3.54. The van der Waals surface area contributed by atoms with Gasteiger partial charge in [-0.3, -0.25) is 9.59 Å². The Hall–Kier alpha value is -2.83. The molecule has 0 heterocycles. The zero-order valence-electron chi connectivity index (χ0n) is 13.8. The second kappa shape index (κ2) is 7.19. The summed E-state index contributed by atoms with van der Waals surface area (Å²) in [6, 6.07) is 13.5. The first kappa shape index (κ1) is 18.0. The van der Waals surface area contributed by atoms with Gasteiger partial charge in [-0.15, -0.1) is 0 Å². The largest absolute Gasteiger partial charge is 0.405 e. The lowest BCUT2D eigenvalue weighted by Gasteiger charge is -2.10. The summed E-state index contributed by atoms with van der Waals surface area (Å²) in [5.74, 6) is -0.913. The molecule has 2 amide bonds. The maximum atomic E-state index is 12.2. The quantitative estimate of drug-likeness (QED) is 0.855. The van der Waals surface area contributed by atoms with Crippen LogP contribution in [0.4, 0.5) is 13.2 Å². The minimum absolute atomic E-state index is 0.126. The highest BCUT2D eigenvalue weighted by Gasteiger charge is 2.28. The molecule has 2 aromatic rings. The summed E-state index contributed by atoms with van der Waals surface area (Å²) in [6.07, 6.45) is -2.44. The summed E-state index contributed by atoms with van der Waals surface area (Å²) in [6.45, 7) is -1.37. The maximum absolute atomic E-state index is 12.2. The van der Waals surface area contributed by atoms with E-state index in [1.807, 2.05) is 5.32 Å². The van der Waals surface area contributed by atoms with Crippen LogP contribution in [-0.4, -0.2) is 30.6 Å². The van der Waals surface area contributed by atoms with E-state index in [9.17, 15) is 22.8 Å². The van der Waals surface area contributed by atoms with E-state index in [2.05, 4.69) is 5.32 Å². The van der Waals surface area contributed by atoms with Crippen molar-refractivity contribution in [3.05, 3.63) is 59.7 Å². The number of benzene rings is 2. The Labute approximate surface area is 148 Å². The standard InChI is InChI=1S/C19H17F3N2O2/c20-19(21,22)11-23-17(25)15-3-1-2-14(10-15)12-4-6-13(7-5-12)18(26)24-16-8-9-16/h1-7,10,16H,8-9,11H2,(H,23,25)(H,24,26). The fourth-order valence-electron chi connectivity index (χ4n) is 2.43. The smallest absolute Gasteiger partial charge is 0.349 e. The topological polar surface area (TPSA) is 58.2 Å². The maximum Gasteiger partial charge on any atom is 0.405 e. The SMILES string of the molecule is O=C(NCC(F)(F)F)c1cccc(-c2ccc(C(=O)NC3CC3)cc2)c1. The fourth-order valence-corrected chi connectivity index (χ4v) is 2.43. The first-order valence-electron chi connectivity index (χ1n) is 8.18. The number of alkyl halides is 3. The van der Waals surface area contributed by atoms with Crippen LogP contribution in [0.5, 0.6) is 0 Å². The number of halogens is 3. The van der Waals surface area contributed by atoms with Crippen LogP contribution < -0.4 is 10.6 Å². The molecule has 2 aromatic carbocycles. The average Bonchev–Trinajstić information content (AvgIpc) is 3.43. The van der Waals surface area contributed by atoms with Crippen molar-refractivity contribution in [1.29, 1.82) is 0 Å². The summed E-state index contributed by atoms with van der Waals surface area (Å²) in [5, 5.41) is 4.74. The normalized spacial score (nSPS) is 14.0. The van der Waals surface area contributed by atoms with Crippen LogP contribution in [0.25, 0.3) is 11.1 Å². The minimum Gasteiger partial charge on any atom is -0.349 e. The molecule has 136 valence electrons. The molecule has 0 radical (unpaired) electrons. The second-order valence-corrected chi connectivity index (χ2v) is 6.20. The minimum atomic E-state index is -4.45. The van der Waals surface area contributed by atoms with Gasteiger partial charge in [0.25, 0.3) is 11.8 Å². The predicted molar refractivity (Wildman–Crippen MR) is 90.8 cm³/mol. The van der Waals surface area contributed by atoms with E-state index in [0.717, 1.165) is 18.4 Å². The molecule has 7 heteroatoms. The number of hydrogen-bond acceptors (Lipinski definition) is 2. The van der Waals surface area contributed by atoms with Gasteiger partial charge < -0.3 is 10.6 Å². The van der Waals surface area contributed by atoms with Crippen molar-refractivity contribution in [3.8, 4) is 11.1 Å². The van der Waals surface area contributed by atoms with Gasteiger partial charge in [0.15, 0.2) is 0 Å². The lowest BCUT2D eigenvalue weighted by atomic mass is 10.0. The molecule has 0 aromatic heterocycles. The number of carbonyl (C=O) groups is 2. The molecule has 1 aliphatic carbocycles. The summed E-state index contributed by atoms with van der Waals surface area (Å²) >= 11 is 0. The van der Waals surface area contributed by atoms with Crippen LogP contribution in [0.15, 0.2) is 48.5 Å². The van der Waals surface area contributed by atoms with Crippen molar-refractivity contribution >= 4 is 11.8 Å². The molecule has 0 saturated heterocycles. The highest BCUT2D eigenvalue weighted by Crippen LogP contribution is 2.23. The summed E-state index contributed by atoms with van der Waals surface area (Å²) in [5.41, 5.74) is 2.12. The Balaban J connectivity index is 1.71. The van der Waals surface area contributed by atoms with E-state index < -0.39 is 18.6 Å². The lowest BCUT2D eigenvalue weighted by Crippen LogP contribution is -2.33. The molecule has 4 nitrogen and oxygen atoms in total. The number of hydrogen-bond donors (Lipinski definition) is 2. The molecule has 0 unspecified atom stereocenters. The highest BCUT2D eigenvalue weighted by molar-refractivity contribution is 5.96. The first-order chi connectivity index (χ1) is 12.3. The third kappa shape index (κ3) is 4.84. The molecule has 1 aliphatic rings. The molecule has 1 fully saturated rings. The van der Waals surface area contributed by atoms with Crippen LogP contribution in [0.1, 0.15) is 33.6 Å². The number of nitrogens with one attached hydrogen (secondary N) is 2. The van der Waals surface area contributed by atoms with E-state index in [4.69, 9.17) is 0 Å². The first-order valence-corrected chi connectivity index (χ1v) is 8.18. The molecule has 0 spiro atoms. The van der Waals surface area contributed by atoms with E-state index in [-0.39, 0.29) is 17.5 Å². The molecule has 0 bridgehead atoms. The third-order valence-corrected chi connectivity index (χ3v) is 3.97. The van der Waals surface area contributed by atoms with Gasteiger partial charge in [0.1, 0.15) is 6.54 Å². The lowest BCUT2D eigenvalue weighted by molar-refractivity contribution is -0.123. The van der Waals surface area contributed by atoms with Crippen LogP contribution in [0.3, 0.4) is 0 Å². The van der Waals surface area contributed by atoms with Crippen LogP contribution in [0.2, 0.25) is 0 Å². The monoisotopic (exact) mass is 362 g/mol. The van der Waals surface area contributed by atoms with Crippen molar-refractivity contribution in [2.75, 3.05) is 6.54 Å². The number of amides is 2. The Morgan fingerprint density at radius 3 is 2.23 bits per heavy atom. The Morgan fingerprint density at radius 1 is 0.923 bits per heavy atom. The van der Waals surface area contributed by atoms with Gasteiger partial charge in [0.2, 0.25) is 0 Å². The average molecular weight is 362 g/mol. The van der Waals surface area contributed by atoms with Crippen molar-refractivity contribution in [2.24, 2.45) is 0 Å². The van der Waals surface area contributed by atoms with Gasteiger partial charge in [-0.25, -0.2) is 0 Å². The molecule has 0 aliphatic heterocycles. The number of carbonyl (C=O) groups excluding carboxylic acids is 2. The molecule has 2 N–H and O–H groups in total. The van der Waals surface area contributed by atoms with Gasteiger partial charge in [-0.05, 0) is 48.2 Å². The van der Waals surface area contributed by atoms with Gasteiger partial charge >= 0.3 is 6.18 Å². The van der Waals surface area contributed by atoms with Gasteiger partial charge in [0, 0.05) is 17.2 Å².